The maximum Gasteiger partial charge on any atom is 0.0864 e. The van der Waals surface area contributed by atoms with Gasteiger partial charge in [0.25, 0.3) is 0 Å². The van der Waals surface area contributed by atoms with E-state index in [9.17, 15) is 5.11 Å². The highest BCUT2D eigenvalue weighted by atomic mass is 79.9. The summed E-state index contributed by atoms with van der Waals surface area (Å²) in [5.41, 5.74) is 5.15. The quantitative estimate of drug-likeness (QED) is 0.819. The molecule has 0 amide bonds. The van der Waals surface area contributed by atoms with Crippen molar-refractivity contribution in [2.45, 2.75) is 25.3 Å². The molecular weight excluding hydrogens is 328 g/mol. The molecule has 0 spiro atoms. The van der Waals surface area contributed by atoms with Crippen molar-refractivity contribution >= 4 is 26.8 Å². The zero-order valence-corrected chi connectivity index (χ0v) is 13.7. The molecule has 0 radical (unpaired) electrons. The fourth-order valence-corrected chi connectivity index (χ4v) is 4.59. The van der Waals surface area contributed by atoms with E-state index in [1.54, 1.807) is 0 Å². The first-order valence-electron chi connectivity index (χ1n) is 7.56. The number of aliphatic hydroxyl groups is 1. The summed E-state index contributed by atoms with van der Waals surface area (Å²) in [6, 6.07) is 7.01. The van der Waals surface area contributed by atoms with Crippen LogP contribution in [0.25, 0.3) is 10.9 Å². The number of benzene rings is 1. The summed E-state index contributed by atoms with van der Waals surface area (Å²) in [5.74, 6) is 0.389. The number of rotatable bonds is 2. The lowest BCUT2D eigenvalue weighted by molar-refractivity contribution is 0.179. The first-order valence-corrected chi connectivity index (χ1v) is 8.35. The Morgan fingerprint density at radius 1 is 1.43 bits per heavy atom. The van der Waals surface area contributed by atoms with Crippen molar-refractivity contribution in [3.8, 4) is 0 Å². The van der Waals surface area contributed by atoms with E-state index < -0.39 is 0 Å². The Balaban J connectivity index is 1.94. The summed E-state index contributed by atoms with van der Waals surface area (Å²) in [6.07, 6.45) is 3.36. The molecule has 4 heteroatoms. The van der Waals surface area contributed by atoms with Crippen LogP contribution in [0.5, 0.6) is 0 Å². The lowest BCUT2D eigenvalue weighted by atomic mass is 9.76. The number of fused-ring (bicyclic) bond motifs is 2. The van der Waals surface area contributed by atoms with Gasteiger partial charge in [0, 0.05) is 29.4 Å². The van der Waals surface area contributed by atoms with Crippen LogP contribution < -0.4 is 0 Å². The summed E-state index contributed by atoms with van der Waals surface area (Å²) < 4.78 is 1.12. The molecule has 2 atom stereocenters. The minimum absolute atomic E-state index is 0.166. The lowest BCUT2D eigenvalue weighted by Gasteiger charge is -2.42. The van der Waals surface area contributed by atoms with E-state index in [0.29, 0.717) is 12.0 Å². The molecule has 0 fully saturated rings. The van der Waals surface area contributed by atoms with Gasteiger partial charge in [0.2, 0.25) is 0 Å². The highest BCUT2D eigenvalue weighted by molar-refractivity contribution is 9.10. The topological polar surface area (TPSA) is 39.3 Å². The average Bonchev–Trinajstić information content (AvgIpc) is 2.84. The van der Waals surface area contributed by atoms with Gasteiger partial charge in [0.1, 0.15) is 0 Å². The highest BCUT2D eigenvalue weighted by Crippen LogP contribution is 2.44. The number of H-pyrrole nitrogens is 1. The minimum atomic E-state index is 0.166. The van der Waals surface area contributed by atoms with E-state index in [-0.39, 0.29) is 6.61 Å². The van der Waals surface area contributed by atoms with Gasteiger partial charge in [-0.15, -0.1) is 0 Å². The Labute approximate surface area is 132 Å². The molecule has 0 saturated carbocycles. The molecule has 2 N–H and O–H groups in total. The third kappa shape index (κ3) is 1.93. The zero-order valence-electron chi connectivity index (χ0n) is 12.1. The second kappa shape index (κ2) is 4.97. The van der Waals surface area contributed by atoms with Crippen LogP contribution >= 0.6 is 15.9 Å². The Kier molecular flexibility index (Phi) is 3.21. The first kappa shape index (κ1) is 13.6. The summed E-state index contributed by atoms with van der Waals surface area (Å²) in [6.45, 7) is 4.28. The van der Waals surface area contributed by atoms with E-state index in [4.69, 9.17) is 0 Å². The SMILES string of the molecule is CCN1CC(CO)=C[C@@H]2c3cccc4[nH]c(Br)c(c34)C[C@H]21. The number of nitrogens with zero attached hydrogens (tertiary/aromatic N) is 1. The fraction of sp³-hybridized carbons (Fsp3) is 0.412. The Bertz CT molecular complexity index is 734. The molecule has 2 aliphatic rings. The van der Waals surface area contributed by atoms with Crippen LogP contribution in [0, 0.1) is 0 Å². The van der Waals surface area contributed by atoms with Crippen molar-refractivity contribution in [3.63, 3.8) is 0 Å². The highest BCUT2D eigenvalue weighted by Gasteiger charge is 2.37. The molecule has 1 aliphatic heterocycles. The van der Waals surface area contributed by atoms with Crippen LogP contribution in [-0.4, -0.2) is 40.7 Å². The summed E-state index contributed by atoms with van der Waals surface area (Å²) in [7, 11) is 0. The van der Waals surface area contributed by atoms with Crippen LogP contribution in [-0.2, 0) is 6.42 Å². The molecule has 1 aromatic carbocycles. The van der Waals surface area contributed by atoms with Gasteiger partial charge in [-0.05, 0) is 51.7 Å². The van der Waals surface area contributed by atoms with Gasteiger partial charge < -0.3 is 10.1 Å². The number of aromatic nitrogens is 1. The van der Waals surface area contributed by atoms with E-state index in [0.717, 1.165) is 29.7 Å². The van der Waals surface area contributed by atoms with Gasteiger partial charge in [-0.25, -0.2) is 0 Å². The summed E-state index contributed by atoms with van der Waals surface area (Å²) in [5, 5.41) is 11.0. The molecule has 0 unspecified atom stereocenters. The van der Waals surface area contributed by atoms with Crippen molar-refractivity contribution in [2.75, 3.05) is 19.7 Å². The van der Waals surface area contributed by atoms with Gasteiger partial charge in [-0.3, -0.25) is 4.90 Å². The van der Waals surface area contributed by atoms with Crippen molar-refractivity contribution in [1.29, 1.82) is 0 Å². The fourth-order valence-electron chi connectivity index (χ4n) is 4.02. The van der Waals surface area contributed by atoms with Crippen LogP contribution in [0.15, 0.2) is 34.5 Å². The van der Waals surface area contributed by atoms with Gasteiger partial charge in [-0.1, -0.05) is 25.1 Å². The number of aromatic amines is 1. The van der Waals surface area contributed by atoms with Crippen LogP contribution in [0.1, 0.15) is 24.0 Å². The maximum atomic E-state index is 9.58. The predicted molar refractivity (Wildman–Crippen MR) is 88.6 cm³/mol. The molecule has 2 aromatic rings. The van der Waals surface area contributed by atoms with Crippen LogP contribution in [0.4, 0.5) is 0 Å². The minimum Gasteiger partial charge on any atom is -0.392 e. The van der Waals surface area contributed by atoms with Gasteiger partial charge in [-0.2, -0.15) is 0 Å². The Morgan fingerprint density at radius 3 is 3.05 bits per heavy atom. The maximum absolute atomic E-state index is 9.58. The number of halogens is 1. The molecule has 21 heavy (non-hydrogen) atoms. The predicted octanol–water partition coefficient (Wildman–Crippen LogP) is 3.19. The summed E-state index contributed by atoms with van der Waals surface area (Å²) in [4.78, 5) is 5.95. The molecule has 110 valence electrons. The lowest BCUT2D eigenvalue weighted by Crippen LogP contribution is -2.46. The summed E-state index contributed by atoms with van der Waals surface area (Å²) >= 11 is 3.69. The molecule has 2 heterocycles. The van der Waals surface area contributed by atoms with E-state index in [1.165, 1.54) is 22.0 Å². The third-order valence-corrected chi connectivity index (χ3v) is 5.67. The Morgan fingerprint density at radius 2 is 2.29 bits per heavy atom. The molecule has 0 bridgehead atoms. The zero-order chi connectivity index (χ0) is 14.6. The van der Waals surface area contributed by atoms with E-state index in [2.05, 4.69) is 57.0 Å². The largest absolute Gasteiger partial charge is 0.392 e. The number of nitrogens with one attached hydrogen (secondary N) is 1. The first-order chi connectivity index (χ1) is 10.2. The van der Waals surface area contributed by atoms with Crippen molar-refractivity contribution in [3.05, 3.63) is 45.6 Å². The van der Waals surface area contributed by atoms with Gasteiger partial charge >= 0.3 is 0 Å². The van der Waals surface area contributed by atoms with Crippen LogP contribution in [0.3, 0.4) is 0 Å². The average molecular weight is 347 g/mol. The number of hydrogen-bond donors (Lipinski definition) is 2. The second-order valence-electron chi connectivity index (χ2n) is 6.03. The molecule has 3 nitrogen and oxygen atoms in total. The third-order valence-electron chi connectivity index (χ3n) is 4.99. The standard InChI is InChI=1S/C17H19BrN2O/c1-2-20-8-10(9-21)6-12-11-4-3-5-14-16(11)13(7-15(12)20)17(18)19-14/h3-6,12,15,19,21H,2,7-9H2,1H3/t12-,15-/m1/s1. The van der Waals surface area contributed by atoms with Crippen molar-refractivity contribution in [2.24, 2.45) is 0 Å². The van der Waals surface area contributed by atoms with E-state index >= 15 is 0 Å². The molecular formula is C17H19BrN2O. The van der Waals surface area contributed by atoms with Crippen molar-refractivity contribution in [1.82, 2.24) is 9.88 Å². The molecule has 0 saturated heterocycles. The number of likely N-dealkylation sites (N-methyl/N-ethyl adjacent to an activating group) is 1. The van der Waals surface area contributed by atoms with E-state index in [1.807, 2.05) is 0 Å². The number of aliphatic hydroxyl groups excluding tert-OH is 1. The Hall–Kier alpha value is -1.10. The smallest absolute Gasteiger partial charge is 0.0864 e. The second-order valence-corrected chi connectivity index (χ2v) is 6.82. The molecule has 1 aromatic heterocycles. The molecule has 1 aliphatic carbocycles. The molecule has 4 rings (SSSR count). The number of hydrogen-bond acceptors (Lipinski definition) is 2. The van der Waals surface area contributed by atoms with Crippen LogP contribution in [0.2, 0.25) is 0 Å². The monoisotopic (exact) mass is 346 g/mol. The van der Waals surface area contributed by atoms with Gasteiger partial charge in [0.15, 0.2) is 0 Å². The van der Waals surface area contributed by atoms with Gasteiger partial charge in [0.05, 0.1) is 11.2 Å². The normalized spacial score (nSPS) is 25.0. The van der Waals surface area contributed by atoms with Crippen molar-refractivity contribution < 1.29 is 5.11 Å².